The number of aryl methyl sites for hydroxylation is 1. The second kappa shape index (κ2) is 5.48. The minimum atomic E-state index is -0.0830. The lowest BCUT2D eigenvalue weighted by molar-refractivity contribution is -0.130. The van der Waals surface area contributed by atoms with E-state index in [0.717, 1.165) is 27.3 Å². The average molecular weight is 347 g/mol. The Morgan fingerprint density at radius 3 is 2.81 bits per heavy atom. The van der Waals surface area contributed by atoms with Gasteiger partial charge in [-0.2, -0.15) is 5.10 Å². The Labute approximate surface area is 131 Å². The van der Waals surface area contributed by atoms with Crippen LogP contribution in [0, 0.1) is 6.92 Å². The summed E-state index contributed by atoms with van der Waals surface area (Å²) < 4.78 is 6.62. The lowest BCUT2D eigenvalue weighted by atomic mass is 10.0. The van der Waals surface area contributed by atoms with Crippen LogP contribution in [0.25, 0.3) is 0 Å². The highest BCUT2D eigenvalue weighted by Gasteiger charge is 2.32. The van der Waals surface area contributed by atoms with E-state index in [1.54, 1.807) is 0 Å². The summed E-state index contributed by atoms with van der Waals surface area (Å²) in [4.78, 5) is 11.9. The largest absolute Gasteiger partial charge is 0.460 e. The number of nitrogens with zero attached hydrogens (tertiary/aromatic N) is 2. The molecule has 0 bridgehead atoms. The van der Waals surface area contributed by atoms with Gasteiger partial charge in [-0.05, 0) is 36.8 Å². The van der Waals surface area contributed by atoms with Gasteiger partial charge in [0.15, 0.2) is 0 Å². The molecule has 1 aliphatic heterocycles. The van der Waals surface area contributed by atoms with Crippen molar-refractivity contribution in [2.24, 2.45) is 5.10 Å². The quantitative estimate of drug-likeness (QED) is 0.823. The molecule has 1 amide bonds. The SMILES string of the molecule is CC(=O)N1N=C(c2ccc(C)o2)CC1c1cccc(Br)c1. The van der Waals surface area contributed by atoms with Gasteiger partial charge in [-0.1, -0.05) is 28.1 Å². The third kappa shape index (κ3) is 2.78. The fourth-order valence-corrected chi connectivity index (χ4v) is 2.93. The molecule has 3 rings (SSSR count). The predicted molar refractivity (Wildman–Crippen MR) is 84.0 cm³/mol. The number of hydrazone groups is 1. The second-order valence-corrected chi connectivity index (χ2v) is 6.01. The summed E-state index contributed by atoms with van der Waals surface area (Å²) in [5, 5.41) is 5.99. The Morgan fingerprint density at radius 2 is 2.19 bits per heavy atom. The van der Waals surface area contributed by atoms with Crippen molar-refractivity contribution < 1.29 is 9.21 Å². The first-order chi connectivity index (χ1) is 10.0. The molecule has 5 heteroatoms. The minimum Gasteiger partial charge on any atom is -0.460 e. The smallest absolute Gasteiger partial charge is 0.240 e. The van der Waals surface area contributed by atoms with Gasteiger partial charge in [0.25, 0.3) is 0 Å². The number of carbonyl (C=O) groups excluding carboxylic acids is 1. The summed E-state index contributed by atoms with van der Waals surface area (Å²) in [6, 6.07) is 11.7. The fraction of sp³-hybridized carbons (Fsp3) is 0.250. The van der Waals surface area contributed by atoms with Crippen molar-refractivity contribution in [1.29, 1.82) is 0 Å². The van der Waals surface area contributed by atoms with Gasteiger partial charge in [-0.3, -0.25) is 4.79 Å². The van der Waals surface area contributed by atoms with E-state index in [1.165, 1.54) is 11.9 Å². The summed E-state index contributed by atoms with van der Waals surface area (Å²) in [6.07, 6.45) is 0.656. The maximum Gasteiger partial charge on any atom is 0.240 e. The third-order valence-electron chi connectivity index (χ3n) is 3.49. The van der Waals surface area contributed by atoms with Crippen LogP contribution in [0.1, 0.15) is 36.5 Å². The van der Waals surface area contributed by atoms with Crippen LogP contribution >= 0.6 is 15.9 Å². The lowest BCUT2D eigenvalue weighted by Gasteiger charge is -2.20. The van der Waals surface area contributed by atoms with Crippen molar-refractivity contribution in [3.63, 3.8) is 0 Å². The third-order valence-corrected chi connectivity index (χ3v) is 3.98. The number of halogens is 1. The maximum absolute atomic E-state index is 11.9. The molecule has 2 aromatic rings. The van der Waals surface area contributed by atoms with Crippen LogP contribution in [0.2, 0.25) is 0 Å². The van der Waals surface area contributed by atoms with E-state index in [9.17, 15) is 4.79 Å². The van der Waals surface area contributed by atoms with E-state index in [-0.39, 0.29) is 11.9 Å². The number of amides is 1. The highest BCUT2D eigenvalue weighted by Crippen LogP contribution is 2.34. The average Bonchev–Trinajstić information content (AvgIpc) is 3.04. The topological polar surface area (TPSA) is 45.8 Å². The van der Waals surface area contributed by atoms with Crippen molar-refractivity contribution in [2.75, 3.05) is 0 Å². The van der Waals surface area contributed by atoms with Crippen LogP contribution in [0.3, 0.4) is 0 Å². The van der Waals surface area contributed by atoms with Crippen LogP contribution in [0.5, 0.6) is 0 Å². The molecule has 21 heavy (non-hydrogen) atoms. The molecule has 1 atom stereocenters. The van der Waals surface area contributed by atoms with Crippen LogP contribution in [-0.2, 0) is 4.79 Å². The molecular weight excluding hydrogens is 332 g/mol. The molecule has 0 aliphatic carbocycles. The van der Waals surface area contributed by atoms with Crippen molar-refractivity contribution in [3.8, 4) is 0 Å². The Bertz CT molecular complexity index is 721. The standard InChI is InChI=1S/C16H15BrN2O2/c1-10-6-7-16(21-10)14-9-15(19(18-14)11(2)20)12-4-3-5-13(17)8-12/h3-8,15H,9H2,1-2H3. The van der Waals surface area contributed by atoms with E-state index >= 15 is 0 Å². The second-order valence-electron chi connectivity index (χ2n) is 5.10. The molecule has 1 unspecified atom stereocenters. The number of hydrogen-bond acceptors (Lipinski definition) is 3. The van der Waals surface area contributed by atoms with Crippen molar-refractivity contribution in [3.05, 3.63) is 58.0 Å². The minimum absolute atomic E-state index is 0.0711. The van der Waals surface area contributed by atoms with Crippen molar-refractivity contribution in [2.45, 2.75) is 26.3 Å². The summed E-state index contributed by atoms with van der Waals surface area (Å²) in [7, 11) is 0. The van der Waals surface area contributed by atoms with E-state index in [0.29, 0.717) is 6.42 Å². The van der Waals surface area contributed by atoms with E-state index in [4.69, 9.17) is 4.42 Å². The van der Waals surface area contributed by atoms with Crippen LogP contribution < -0.4 is 0 Å². The zero-order valence-corrected chi connectivity index (χ0v) is 13.4. The Morgan fingerprint density at radius 1 is 1.38 bits per heavy atom. The molecular formula is C16H15BrN2O2. The van der Waals surface area contributed by atoms with E-state index in [1.807, 2.05) is 43.3 Å². The monoisotopic (exact) mass is 346 g/mol. The van der Waals surface area contributed by atoms with Gasteiger partial charge >= 0.3 is 0 Å². The fourth-order valence-electron chi connectivity index (χ4n) is 2.51. The van der Waals surface area contributed by atoms with Gasteiger partial charge in [0.2, 0.25) is 5.91 Å². The molecule has 0 spiro atoms. The molecule has 2 heterocycles. The summed E-state index contributed by atoms with van der Waals surface area (Å²) in [6.45, 7) is 3.43. The lowest BCUT2D eigenvalue weighted by Crippen LogP contribution is -2.24. The Balaban J connectivity index is 1.95. The number of carbonyl (C=O) groups is 1. The van der Waals surface area contributed by atoms with Crippen LogP contribution in [-0.4, -0.2) is 16.6 Å². The Kier molecular flexibility index (Phi) is 3.68. The van der Waals surface area contributed by atoms with Crippen LogP contribution in [0.15, 0.2) is 50.4 Å². The molecule has 0 radical (unpaired) electrons. The van der Waals surface area contributed by atoms with E-state index in [2.05, 4.69) is 21.0 Å². The first-order valence-electron chi connectivity index (χ1n) is 6.74. The zero-order chi connectivity index (χ0) is 15.0. The van der Waals surface area contributed by atoms with Gasteiger partial charge in [-0.25, -0.2) is 5.01 Å². The van der Waals surface area contributed by atoms with Crippen molar-refractivity contribution >= 4 is 27.5 Å². The normalized spacial score (nSPS) is 18.0. The highest BCUT2D eigenvalue weighted by atomic mass is 79.9. The molecule has 1 aromatic carbocycles. The van der Waals surface area contributed by atoms with Gasteiger partial charge in [0.05, 0.1) is 6.04 Å². The van der Waals surface area contributed by atoms with Crippen LogP contribution in [0.4, 0.5) is 0 Å². The first kappa shape index (κ1) is 14.1. The molecule has 1 aromatic heterocycles. The molecule has 108 valence electrons. The molecule has 0 saturated carbocycles. The van der Waals surface area contributed by atoms with E-state index < -0.39 is 0 Å². The number of hydrogen-bond donors (Lipinski definition) is 0. The number of furan rings is 1. The molecule has 1 aliphatic rings. The predicted octanol–water partition coefficient (Wildman–Crippen LogP) is 4.05. The van der Waals surface area contributed by atoms with Crippen molar-refractivity contribution in [1.82, 2.24) is 5.01 Å². The maximum atomic E-state index is 11.9. The Hall–Kier alpha value is -1.88. The number of rotatable bonds is 2. The molecule has 0 N–H and O–H groups in total. The summed E-state index contributed by atoms with van der Waals surface area (Å²) >= 11 is 3.47. The summed E-state index contributed by atoms with van der Waals surface area (Å²) in [5.41, 5.74) is 1.87. The molecule has 4 nitrogen and oxygen atoms in total. The zero-order valence-electron chi connectivity index (χ0n) is 11.8. The van der Waals surface area contributed by atoms with Gasteiger partial charge in [-0.15, -0.1) is 0 Å². The molecule has 0 fully saturated rings. The molecule has 0 saturated heterocycles. The van der Waals surface area contributed by atoms with Gasteiger partial charge in [0, 0.05) is 17.8 Å². The van der Waals surface area contributed by atoms with Gasteiger partial charge < -0.3 is 4.42 Å². The van der Waals surface area contributed by atoms with Gasteiger partial charge in [0.1, 0.15) is 17.2 Å². The first-order valence-corrected chi connectivity index (χ1v) is 7.53. The highest BCUT2D eigenvalue weighted by molar-refractivity contribution is 9.10. The number of benzene rings is 1. The summed E-state index contributed by atoms with van der Waals surface area (Å²) in [5.74, 6) is 1.50.